The fraction of sp³-hybridized carbons (Fsp3) is 0.390. The highest BCUT2D eigenvalue weighted by Crippen LogP contribution is 2.61. The second kappa shape index (κ2) is 20.9. The number of aryl methyl sites for hydroxylation is 4. The number of hydrogen-bond acceptors (Lipinski definition) is 8. The van der Waals surface area contributed by atoms with Crippen LogP contribution in [0.25, 0.3) is 16.9 Å². The Labute approximate surface area is 410 Å². The highest BCUT2D eigenvalue weighted by molar-refractivity contribution is 5.91. The molecule has 5 unspecified atom stereocenters. The Balaban J connectivity index is 0.000000157. The van der Waals surface area contributed by atoms with E-state index in [1.807, 2.05) is 98.7 Å². The van der Waals surface area contributed by atoms with Crippen LogP contribution in [0.3, 0.4) is 0 Å². The molecule has 1 amide bonds. The number of fused-ring (bicyclic) bond motifs is 2. The number of anilines is 7. The summed E-state index contributed by atoms with van der Waals surface area (Å²) in [6, 6.07) is 41.2. The second-order valence-electron chi connectivity index (χ2n) is 20.5. The summed E-state index contributed by atoms with van der Waals surface area (Å²) in [5.41, 5.74) is 12.3. The van der Waals surface area contributed by atoms with E-state index in [0.717, 1.165) is 75.1 Å². The first-order valence-electron chi connectivity index (χ1n) is 25.0. The number of aromatic nitrogens is 4. The molecular formula is C59H72N8O2. The van der Waals surface area contributed by atoms with Gasteiger partial charge in [0.15, 0.2) is 11.5 Å². The minimum Gasteiger partial charge on any atom is -0.461 e. The molecule has 2 N–H and O–H groups in total. The molecule has 7 aromatic rings. The minimum atomic E-state index is 0.250. The summed E-state index contributed by atoms with van der Waals surface area (Å²) in [7, 11) is 3.87. The van der Waals surface area contributed by atoms with E-state index in [9.17, 15) is 4.79 Å². The SMILES string of the molecule is CCCC1CCC1(C)CC.Cc1ccc(Nc2ccc(N(C)C)c(N(C=O)c3ccc(C)cc3)n2)cc1.Cc1ccc(Nc2ccc3nc(OC4CC5(C)CCC45)n(-c4ccc(C)cc4)c3n2)cc1. The van der Waals surface area contributed by atoms with E-state index in [2.05, 4.69) is 112 Å². The lowest BCUT2D eigenvalue weighted by Gasteiger charge is -2.60. The molecule has 360 valence electrons. The molecule has 3 heterocycles. The molecule has 3 aliphatic carbocycles. The molecule has 10 heteroatoms. The Morgan fingerprint density at radius 1 is 0.696 bits per heavy atom. The predicted octanol–water partition coefficient (Wildman–Crippen LogP) is 14.8. The summed E-state index contributed by atoms with van der Waals surface area (Å²) in [4.78, 5) is 29.9. The Hall–Kier alpha value is -6.68. The van der Waals surface area contributed by atoms with Crippen LogP contribution in [-0.4, -0.2) is 46.1 Å². The molecule has 10 rings (SSSR count). The average Bonchev–Trinajstić information content (AvgIpc) is 3.69. The fourth-order valence-corrected chi connectivity index (χ4v) is 10.1. The van der Waals surface area contributed by atoms with Gasteiger partial charge < -0.3 is 20.3 Å². The third-order valence-electron chi connectivity index (χ3n) is 15.2. The highest BCUT2D eigenvalue weighted by Gasteiger charge is 2.58. The van der Waals surface area contributed by atoms with E-state index in [-0.39, 0.29) is 6.10 Å². The molecule has 0 aliphatic heterocycles. The van der Waals surface area contributed by atoms with Crippen LogP contribution >= 0.6 is 0 Å². The van der Waals surface area contributed by atoms with E-state index in [0.29, 0.717) is 29.0 Å². The van der Waals surface area contributed by atoms with Gasteiger partial charge in [-0.2, -0.15) is 4.98 Å². The molecule has 3 aromatic heterocycles. The van der Waals surface area contributed by atoms with E-state index < -0.39 is 0 Å². The molecule has 3 fully saturated rings. The van der Waals surface area contributed by atoms with Crippen molar-refractivity contribution < 1.29 is 9.53 Å². The minimum absolute atomic E-state index is 0.250. The number of nitrogens with one attached hydrogen (secondary N) is 2. The van der Waals surface area contributed by atoms with Gasteiger partial charge in [0.2, 0.25) is 6.41 Å². The molecule has 4 aromatic carbocycles. The van der Waals surface area contributed by atoms with Crippen molar-refractivity contribution in [3.8, 4) is 11.7 Å². The van der Waals surface area contributed by atoms with Crippen molar-refractivity contribution in [2.45, 2.75) is 113 Å². The van der Waals surface area contributed by atoms with Crippen molar-refractivity contribution in [3.63, 3.8) is 0 Å². The Kier molecular flexibility index (Phi) is 14.8. The van der Waals surface area contributed by atoms with Gasteiger partial charge in [0.05, 0.1) is 17.1 Å². The quantitative estimate of drug-likeness (QED) is 0.104. The molecule has 5 atom stereocenters. The van der Waals surface area contributed by atoms with Crippen molar-refractivity contribution in [2.24, 2.45) is 22.7 Å². The first-order valence-corrected chi connectivity index (χ1v) is 25.0. The summed E-state index contributed by atoms with van der Waals surface area (Å²) in [5.74, 6) is 3.76. The van der Waals surface area contributed by atoms with Crippen LogP contribution in [0.5, 0.6) is 6.01 Å². The lowest BCUT2D eigenvalue weighted by atomic mass is 9.47. The largest absolute Gasteiger partial charge is 0.461 e. The topological polar surface area (TPSA) is 100 Å². The second-order valence-corrected chi connectivity index (χ2v) is 20.5. The molecule has 3 saturated carbocycles. The lowest BCUT2D eigenvalue weighted by molar-refractivity contribution is -0.156. The molecule has 0 radical (unpaired) electrons. The molecule has 0 bridgehead atoms. The van der Waals surface area contributed by atoms with Crippen LogP contribution in [-0.2, 0) is 4.79 Å². The number of pyridine rings is 2. The normalized spacial score (nSPS) is 20.8. The van der Waals surface area contributed by atoms with Crippen LogP contribution in [0.4, 0.5) is 40.2 Å². The zero-order valence-electron chi connectivity index (χ0n) is 42.5. The summed E-state index contributed by atoms with van der Waals surface area (Å²) in [6.45, 7) is 17.7. The third-order valence-corrected chi connectivity index (χ3v) is 15.2. The van der Waals surface area contributed by atoms with Crippen LogP contribution < -0.4 is 25.2 Å². The summed E-state index contributed by atoms with van der Waals surface area (Å²) in [5, 5.41) is 6.72. The zero-order chi connectivity index (χ0) is 48.9. The van der Waals surface area contributed by atoms with Gasteiger partial charge in [-0.3, -0.25) is 9.69 Å². The van der Waals surface area contributed by atoms with Crippen molar-refractivity contribution in [3.05, 3.63) is 144 Å². The van der Waals surface area contributed by atoms with E-state index in [4.69, 9.17) is 19.7 Å². The summed E-state index contributed by atoms with van der Waals surface area (Å²) in [6.07, 6.45) is 11.9. The van der Waals surface area contributed by atoms with E-state index in [1.165, 1.54) is 61.6 Å². The molecule has 0 saturated heterocycles. The molecule has 69 heavy (non-hydrogen) atoms. The lowest BCUT2D eigenvalue weighted by Crippen LogP contribution is -2.59. The van der Waals surface area contributed by atoms with Crippen molar-refractivity contribution in [1.82, 2.24) is 19.5 Å². The standard InChI is InChI=1S/C27H28N4O.C22H24N4O.C10H20/c1-17-4-8-19(9-5-17)28-24-13-12-22-25(30-24)31(20-10-6-18(2)7-11-20)26(29-22)32-23-16-27(3)15-14-21(23)27;1-16-5-9-18(10-6-16)23-21-14-13-20(25(3)4)22(24-21)26(15-27)19-11-7-17(2)8-12-19;1-4-6-9-7-8-10(9,3)5-2/h4-13,21,23H,14-16H2,1-3H3,(H,28,30);5-15H,1-4H3,(H,23,24);9H,4-8H2,1-3H3. The number of ether oxygens (including phenoxy) is 1. The summed E-state index contributed by atoms with van der Waals surface area (Å²) < 4.78 is 8.57. The van der Waals surface area contributed by atoms with E-state index in [1.54, 1.807) is 4.90 Å². The number of benzene rings is 4. The third kappa shape index (κ3) is 11.0. The Bertz CT molecular complexity index is 2820. The van der Waals surface area contributed by atoms with Crippen LogP contribution in [0.15, 0.2) is 121 Å². The Morgan fingerprint density at radius 2 is 1.26 bits per heavy atom. The van der Waals surface area contributed by atoms with Gasteiger partial charge in [0, 0.05) is 31.4 Å². The Morgan fingerprint density at radius 3 is 1.74 bits per heavy atom. The number of carbonyl (C=O) groups is 1. The monoisotopic (exact) mass is 925 g/mol. The predicted molar refractivity (Wildman–Crippen MR) is 286 cm³/mol. The van der Waals surface area contributed by atoms with Crippen molar-refractivity contribution >= 4 is 57.8 Å². The van der Waals surface area contributed by atoms with Crippen molar-refractivity contribution in [2.75, 3.05) is 34.5 Å². The number of rotatable bonds is 14. The molecule has 0 spiro atoms. The number of imidazole rings is 1. The highest BCUT2D eigenvalue weighted by atomic mass is 16.5. The van der Waals surface area contributed by atoms with E-state index >= 15 is 0 Å². The number of carbonyl (C=O) groups excluding carboxylic acids is 1. The van der Waals surface area contributed by atoms with Crippen molar-refractivity contribution in [1.29, 1.82) is 0 Å². The maximum atomic E-state index is 11.9. The fourth-order valence-electron chi connectivity index (χ4n) is 10.1. The van der Waals surface area contributed by atoms with Crippen LogP contribution in [0.2, 0.25) is 0 Å². The molecule has 3 aliphatic rings. The molecule has 10 nitrogen and oxygen atoms in total. The zero-order valence-corrected chi connectivity index (χ0v) is 42.5. The number of amides is 1. The summed E-state index contributed by atoms with van der Waals surface area (Å²) >= 11 is 0. The first kappa shape index (κ1) is 48.8. The van der Waals surface area contributed by atoms with Gasteiger partial charge in [-0.1, -0.05) is 118 Å². The van der Waals surface area contributed by atoms with Gasteiger partial charge in [-0.05, 0) is 149 Å². The first-order chi connectivity index (χ1) is 33.2. The van der Waals surface area contributed by atoms with Gasteiger partial charge in [0.25, 0.3) is 0 Å². The van der Waals surface area contributed by atoms with Gasteiger partial charge >= 0.3 is 6.01 Å². The maximum Gasteiger partial charge on any atom is 0.303 e. The van der Waals surface area contributed by atoms with Gasteiger partial charge in [-0.15, -0.1) is 0 Å². The smallest absolute Gasteiger partial charge is 0.303 e. The maximum absolute atomic E-state index is 11.9. The molecular weight excluding hydrogens is 853 g/mol. The number of hydrogen-bond donors (Lipinski definition) is 2. The van der Waals surface area contributed by atoms with Crippen LogP contribution in [0, 0.1) is 50.4 Å². The number of nitrogens with zero attached hydrogens (tertiary/aromatic N) is 6. The van der Waals surface area contributed by atoms with Gasteiger partial charge in [-0.25, -0.2) is 14.5 Å². The van der Waals surface area contributed by atoms with Crippen LogP contribution in [0.1, 0.15) is 101 Å². The van der Waals surface area contributed by atoms with Gasteiger partial charge in [0.1, 0.15) is 23.3 Å². The average molecular weight is 925 g/mol.